The van der Waals surface area contributed by atoms with Crippen molar-refractivity contribution in [2.75, 3.05) is 19.5 Å². The maximum atomic E-state index is 11.1. The van der Waals surface area contributed by atoms with E-state index >= 15 is 0 Å². The molecule has 17 heavy (non-hydrogen) atoms. The number of benzene rings is 1. The summed E-state index contributed by atoms with van der Waals surface area (Å²) in [6.07, 6.45) is 1.47. The quantitative estimate of drug-likeness (QED) is 0.724. The molecule has 0 saturated carbocycles. The molecule has 0 fully saturated rings. The molecule has 0 aliphatic heterocycles. The van der Waals surface area contributed by atoms with E-state index in [1.165, 1.54) is 11.8 Å². The molecule has 0 bridgehead atoms. The van der Waals surface area contributed by atoms with Crippen LogP contribution in [0, 0.1) is 0 Å². The minimum absolute atomic E-state index is 0.366. The predicted molar refractivity (Wildman–Crippen MR) is 70.5 cm³/mol. The fourth-order valence-electron chi connectivity index (χ4n) is 1.47. The van der Waals surface area contributed by atoms with E-state index in [9.17, 15) is 4.79 Å². The first-order chi connectivity index (χ1) is 8.24. The molecule has 1 aromatic carbocycles. The highest BCUT2D eigenvalue weighted by atomic mass is 32.2. The highest BCUT2D eigenvalue weighted by molar-refractivity contribution is 8.00. The van der Waals surface area contributed by atoms with Crippen LogP contribution in [0.4, 0.5) is 0 Å². The molecule has 0 radical (unpaired) electrons. The molecule has 1 rings (SSSR count). The molecule has 0 spiro atoms. The maximum absolute atomic E-state index is 11.1. The predicted octanol–water partition coefficient (Wildman–Crippen LogP) is 2.45. The van der Waals surface area contributed by atoms with Gasteiger partial charge in [-0.25, -0.2) is 0 Å². The van der Waals surface area contributed by atoms with E-state index in [1.54, 1.807) is 7.11 Å². The molecule has 1 aromatic rings. The molecule has 1 atom stereocenters. The molecule has 0 saturated heterocycles. The molecular weight excluding hydrogens is 236 g/mol. The van der Waals surface area contributed by atoms with E-state index in [0.29, 0.717) is 13.0 Å². The Kier molecular flexibility index (Phi) is 6.74. The summed E-state index contributed by atoms with van der Waals surface area (Å²) < 4.78 is 4.94. The summed E-state index contributed by atoms with van der Waals surface area (Å²) in [4.78, 5) is 11.1. The lowest BCUT2D eigenvalue weighted by Gasteiger charge is -2.11. The first kappa shape index (κ1) is 14.1. The van der Waals surface area contributed by atoms with Crippen LogP contribution in [0.5, 0.6) is 0 Å². The van der Waals surface area contributed by atoms with Crippen LogP contribution in [0.15, 0.2) is 30.3 Å². The number of carboxylic acids is 1. The number of hydrogen-bond donors (Lipinski definition) is 1. The van der Waals surface area contributed by atoms with Crippen molar-refractivity contribution in [2.45, 2.75) is 18.1 Å². The van der Waals surface area contributed by atoms with Crippen molar-refractivity contribution in [2.24, 2.45) is 0 Å². The minimum Gasteiger partial charge on any atom is -0.480 e. The van der Waals surface area contributed by atoms with Gasteiger partial charge >= 0.3 is 5.97 Å². The van der Waals surface area contributed by atoms with Crippen molar-refractivity contribution in [1.82, 2.24) is 0 Å². The van der Waals surface area contributed by atoms with Crippen LogP contribution in [0.2, 0.25) is 0 Å². The molecule has 1 unspecified atom stereocenters. The third-order valence-electron chi connectivity index (χ3n) is 2.35. The average molecular weight is 254 g/mol. The summed E-state index contributed by atoms with van der Waals surface area (Å²) in [7, 11) is 1.66. The lowest BCUT2D eigenvalue weighted by Crippen LogP contribution is -2.20. The van der Waals surface area contributed by atoms with Gasteiger partial charge in [0, 0.05) is 13.7 Å². The third-order valence-corrected chi connectivity index (χ3v) is 3.65. The second-order valence-electron chi connectivity index (χ2n) is 3.73. The van der Waals surface area contributed by atoms with Crippen molar-refractivity contribution < 1.29 is 14.6 Å². The second-order valence-corrected chi connectivity index (χ2v) is 5.04. The number of aliphatic carboxylic acids is 1. The van der Waals surface area contributed by atoms with E-state index < -0.39 is 5.97 Å². The van der Waals surface area contributed by atoms with Crippen molar-refractivity contribution >= 4 is 17.7 Å². The minimum atomic E-state index is -0.740. The molecule has 0 heterocycles. The lowest BCUT2D eigenvalue weighted by atomic mass is 10.1. The third kappa shape index (κ3) is 5.75. The normalized spacial score (nSPS) is 12.3. The van der Waals surface area contributed by atoms with Crippen LogP contribution in [0.25, 0.3) is 0 Å². The zero-order valence-electron chi connectivity index (χ0n) is 9.96. The number of methoxy groups -OCH3 is 1. The average Bonchev–Trinajstić information content (AvgIpc) is 2.34. The highest BCUT2D eigenvalue weighted by Crippen LogP contribution is 2.17. The SMILES string of the molecule is COCCCSC(Cc1ccccc1)C(=O)O. The zero-order chi connectivity index (χ0) is 12.5. The van der Waals surface area contributed by atoms with Gasteiger partial charge in [0.25, 0.3) is 0 Å². The van der Waals surface area contributed by atoms with E-state index in [2.05, 4.69) is 0 Å². The van der Waals surface area contributed by atoms with Gasteiger partial charge in [0.2, 0.25) is 0 Å². The number of rotatable bonds is 8. The number of carboxylic acid groups (broad SMARTS) is 1. The summed E-state index contributed by atoms with van der Waals surface area (Å²) in [5, 5.41) is 8.77. The molecule has 0 amide bonds. The Hall–Kier alpha value is -1.00. The standard InChI is InChI=1S/C13H18O3S/c1-16-8-5-9-17-12(13(14)15)10-11-6-3-2-4-7-11/h2-4,6-7,12H,5,8-10H2,1H3,(H,14,15). The molecule has 0 aliphatic carbocycles. The van der Waals surface area contributed by atoms with Crippen LogP contribution in [-0.4, -0.2) is 35.8 Å². The van der Waals surface area contributed by atoms with Gasteiger partial charge in [-0.3, -0.25) is 4.79 Å². The van der Waals surface area contributed by atoms with Crippen LogP contribution in [-0.2, 0) is 16.0 Å². The van der Waals surface area contributed by atoms with Crippen LogP contribution >= 0.6 is 11.8 Å². The molecule has 0 aliphatic rings. The lowest BCUT2D eigenvalue weighted by molar-refractivity contribution is -0.136. The molecular formula is C13H18O3S. The Morgan fingerprint density at radius 1 is 1.41 bits per heavy atom. The van der Waals surface area contributed by atoms with Crippen LogP contribution < -0.4 is 0 Å². The van der Waals surface area contributed by atoms with Crippen molar-refractivity contribution in [3.05, 3.63) is 35.9 Å². The van der Waals surface area contributed by atoms with E-state index in [1.807, 2.05) is 30.3 Å². The Morgan fingerprint density at radius 3 is 2.71 bits per heavy atom. The first-order valence-corrected chi connectivity index (χ1v) is 6.66. The summed E-state index contributed by atoms with van der Waals surface area (Å²) >= 11 is 1.48. The molecule has 3 nitrogen and oxygen atoms in total. The topological polar surface area (TPSA) is 46.5 Å². The van der Waals surface area contributed by atoms with Gasteiger partial charge < -0.3 is 9.84 Å². The zero-order valence-corrected chi connectivity index (χ0v) is 10.8. The Morgan fingerprint density at radius 2 is 2.12 bits per heavy atom. The second kappa shape index (κ2) is 8.14. The molecule has 4 heteroatoms. The summed E-state index contributed by atoms with van der Waals surface area (Å²) in [6, 6.07) is 9.73. The van der Waals surface area contributed by atoms with E-state index in [0.717, 1.165) is 17.7 Å². The smallest absolute Gasteiger partial charge is 0.316 e. The van der Waals surface area contributed by atoms with Crippen molar-refractivity contribution in [1.29, 1.82) is 0 Å². The number of ether oxygens (including phenoxy) is 1. The van der Waals surface area contributed by atoms with Crippen molar-refractivity contribution in [3.8, 4) is 0 Å². The Bertz CT molecular complexity index is 327. The van der Waals surface area contributed by atoms with Gasteiger partial charge in [-0.1, -0.05) is 30.3 Å². The largest absolute Gasteiger partial charge is 0.480 e. The van der Waals surface area contributed by atoms with Gasteiger partial charge in [0.05, 0.1) is 0 Å². The van der Waals surface area contributed by atoms with Gasteiger partial charge in [-0.15, -0.1) is 11.8 Å². The van der Waals surface area contributed by atoms with Gasteiger partial charge in [-0.05, 0) is 24.2 Å². The van der Waals surface area contributed by atoms with Crippen LogP contribution in [0.1, 0.15) is 12.0 Å². The number of hydrogen-bond acceptors (Lipinski definition) is 3. The summed E-state index contributed by atoms with van der Waals surface area (Å²) in [5.41, 5.74) is 1.07. The molecule has 0 aromatic heterocycles. The first-order valence-electron chi connectivity index (χ1n) is 5.61. The number of thioether (sulfide) groups is 1. The van der Waals surface area contributed by atoms with Gasteiger partial charge in [0.1, 0.15) is 5.25 Å². The maximum Gasteiger partial charge on any atom is 0.316 e. The highest BCUT2D eigenvalue weighted by Gasteiger charge is 2.17. The summed E-state index contributed by atoms with van der Waals surface area (Å²) in [5.74, 6) is 0.0775. The Labute approximate surface area is 106 Å². The van der Waals surface area contributed by atoms with Gasteiger partial charge in [-0.2, -0.15) is 0 Å². The fraction of sp³-hybridized carbons (Fsp3) is 0.462. The summed E-state index contributed by atoms with van der Waals surface area (Å²) in [6.45, 7) is 0.685. The van der Waals surface area contributed by atoms with Crippen LogP contribution in [0.3, 0.4) is 0 Å². The van der Waals surface area contributed by atoms with E-state index in [-0.39, 0.29) is 5.25 Å². The Balaban J connectivity index is 2.41. The monoisotopic (exact) mass is 254 g/mol. The van der Waals surface area contributed by atoms with Crippen molar-refractivity contribution in [3.63, 3.8) is 0 Å². The fourth-order valence-corrected chi connectivity index (χ4v) is 2.50. The molecule has 1 N–H and O–H groups in total. The van der Waals surface area contributed by atoms with Gasteiger partial charge in [0.15, 0.2) is 0 Å². The number of carbonyl (C=O) groups is 1. The molecule has 94 valence electrons. The van der Waals surface area contributed by atoms with E-state index in [4.69, 9.17) is 9.84 Å².